The lowest BCUT2D eigenvalue weighted by Gasteiger charge is -2.31. The van der Waals surface area contributed by atoms with Gasteiger partial charge in [0.1, 0.15) is 29.1 Å². The average molecular weight is 608 g/mol. The number of hydrogen-bond acceptors (Lipinski definition) is 10. The molecule has 1 aromatic heterocycles. The number of carbonyl (C=O) groups excluding carboxylic acids is 1. The molecule has 6 rings (SSSR count). The van der Waals surface area contributed by atoms with E-state index in [-0.39, 0.29) is 46.5 Å². The fourth-order valence-electron chi connectivity index (χ4n) is 6.30. The summed E-state index contributed by atoms with van der Waals surface area (Å²) in [7, 11) is 3.25. The first-order chi connectivity index (χ1) is 21.1. The molecule has 2 bridgehead atoms. The van der Waals surface area contributed by atoms with Crippen molar-refractivity contribution in [2.24, 2.45) is 22.6 Å². The van der Waals surface area contributed by atoms with E-state index in [4.69, 9.17) is 30.1 Å². The van der Waals surface area contributed by atoms with E-state index in [1.807, 2.05) is 11.9 Å². The quantitative estimate of drug-likeness (QED) is 0.172. The summed E-state index contributed by atoms with van der Waals surface area (Å²) < 4.78 is 53.5. The highest BCUT2D eigenvalue weighted by atomic mass is 19.1. The van der Waals surface area contributed by atoms with Gasteiger partial charge in [-0.05, 0) is 68.6 Å². The van der Waals surface area contributed by atoms with Crippen molar-refractivity contribution < 1.29 is 37.6 Å². The van der Waals surface area contributed by atoms with Gasteiger partial charge in [0.05, 0.1) is 19.2 Å². The lowest BCUT2D eigenvalue weighted by atomic mass is 9.87. The molecule has 11 nitrogen and oxygen atoms in total. The minimum Gasteiger partial charge on any atom is -0.504 e. The van der Waals surface area contributed by atoms with Gasteiger partial charge in [0, 0.05) is 30.3 Å². The van der Waals surface area contributed by atoms with Crippen molar-refractivity contribution in [2.45, 2.75) is 37.5 Å². The number of rotatable bonds is 9. The molecule has 2 fully saturated rings. The van der Waals surface area contributed by atoms with Crippen molar-refractivity contribution in [3.8, 4) is 34.6 Å². The molecule has 2 aromatic carbocycles. The zero-order chi connectivity index (χ0) is 31.2. The molecule has 1 aliphatic heterocycles. The number of pyridine rings is 1. The summed E-state index contributed by atoms with van der Waals surface area (Å²) in [5, 5.41) is 17.8. The molecule has 4 N–H and O–H groups in total. The number of methoxy groups -OCH3 is 1. The number of benzene rings is 2. The molecule has 230 valence electrons. The van der Waals surface area contributed by atoms with Crippen LogP contribution in [0.3, 0.4) is 0 Å². The predicted octanol–water partition coefficient (Wildman–Crippen LogP) is 5.06. The Balaban J connectivity index is 1.31. The van der Waals surface area contributed by atoms with Gasteiger partial charge in [-0.2, -0.15) is 4.39 Å². The zero-order valence-corrected chi connectivity index (χ0v) is 24.0. The molecule has 0 radical (unpaired) electrons. The molecular weight excluding hydrogens is 576 g/mol. The van der Waals surface area contributed by atoms with Crippen molar-refractivity contribution in [3.63, 3.8) is 0 Å². The number of aromatic nitrogens is 1. The van der Waals surface area contributed by atoms with Crippen molar-refractivity contribution in [2.75, 3.05) is 20.7 Å². The fourth-order valence-corrected chi connectivity index (χ4v) is 6.30. The van der Waals surface area contributed by atoms with Gasteiger partial charge in [-0.25, -0.2) is 9.37 Å². The van der Waals surface area contributed by atoms with Gasteiger partial charge in [-0.3, -0.25) is 20.1 Å². The van der Waals surface area contributed by atoms with E-state index in [2.05, 4.69) is 9.98 Å². The van der Waals surface area contributed by atoms with E-state index in [9.17, 15) is 14.3 Å². The second-order valence-electron chi connectivity index (χ2n) is 11.3. The molecule has 0 amide bonds. The standard InChI is InChI=1S/C31H31F2N5O6/c1-38-10-9-36-28(38)19-12-18(44-31-8-7-17(13-31)20(14-31)30(40)41-2)4-6-23(19)42-26-21(32)15-37-29(25(26)33)43-24-11-16(27(34)35)3-5-22(24)39/h3-6,9,11-12,15,17,20,28,39H,7-8,10,13-14H2,1-2H3,(H3,34,35). The molecule has 2 saturated carbocycles. The largest absolute Gasteiger partial charge is 0.504 e. The summed E-state index contributed by atoms with van der Waals surface area (Å²) in [6.45, 7) is 0.556. The molecule has 4 atom stereocenters. The second-order valence-corrected chi connectivity index (χ2v) is 11.3. The summed E-state index contributed by atoms with van der Waals surface area (Å²) in [6, 6.07) is 8.81. The van der Waals surface area contributed by atoms with Crippen molar-refractivity contribution in [3.05, 3.63) is 65.4 Å². The molecule has 4 unspecified atom stereocenters. The number of nitrogens with zero attached hydrogens (tertiary/aromatic N) is 3. The Bertz CT molecular complexity index is 1670. The summed E-state index contributed by atoms with van der Waals surface area (Å²) in [5.41, 5.74) is 5.73. The molecule has 44 heavy (non-hydrogen) atoms. The first kappa shape index (κ1) is 29.3. The highest BCUT2D eigenvalue weighted by molar-refractivity contribution is 5.95. The van der Waals surface area contributed by atoms with Crippen molar-refractivity contribution in [1.82, 2.24) is 9.88 Å². The van der Waals surface area contributed by atoms with Gasteiger partial charge in [0.2, 0.25) is 11.6 Å². The number of nitrogens with one attached hydrogen (secondary N) is 1. The Morgan fingerprint density at radius 3 is 2.70 bits per heavy atom. The SMILES string of the molecule is COC(=O)C1CC2(Oc3ccc(Oc4c(F)cnc(Oc5cc(C(=N)N)ccc5O)c4F)c(C4N=CCN4C)c3)CCC1C2. The predicted molar refractivity (Wildman–Crippen MR) is 155 cm³/mol. The third-order valence-corrected chi connectivity index (χ3v) is 8.49. The number of nitrogens with two attached hydrogens (primary N) is 1. The number of aliphatic imine (C=N–C) groups is 1. The number of aromatic hydroxyl groups is 1. The van der Waals surface area contributed by atoms with Crippen LogP contribution < -0.4 is 19.9 Å². The van der Waals surface area contributed by atoms with Crippen LogP contribution in [0, 0.1) is 28.9 Å². The Labute approximate surface area is 251 Å². The van der Waals surface area contributed by atoms with Crippen molar-refractivity contribution >= 4 is 18.0 Å². The molecule has 3 aliphatic rings. The van der Waals surface area contributed by atoms with Gasteiger partial charge in [0.15, 0.2) is 17.3 Å². The van der Waals surface area contributed by atoms with Crippen LogP contribution >= 0.6 is 0 Å². The number of fused-ring (bicyclic) bond motifs is 2. The lowest BCUT2D eigenvalue weighted by molar-refractivity contribution is -0.147. The van der Waals surface area contributed by atoms with Gasteiger partial charge in [-0.15, -0.1) is 0 Å². The number of hydrogen-bond donors (Lipinski definition) is 3. The highest BCUT2D eigenvalue weighted by Crippen LogP contribution is 2.54. The van der Waals surface area contributed by atoms with Crippen LogP contribution in [-0.2, 0) is 9.53 Å². The Morgan fingerprint density at radius 2 is 1.98 bits per heavy atom. The van der Waals surface area contributed by atoms with E-state index in [0.29, 0.717) is 24.3 Å². The smallest absolute Gasteiger partial charge is 0.309 e. The van der Waals surface area contributed by atoms with E-state index in [1.54, 1.807) is 24.4 Å². The maximum Gasteiger partial charge on any atom is 0.309 e. The number of carbonyl (C=O) groups is 1. The van der Waals surface area contributed by atoms with Crippen LogP contribution in [0.15, 0.2) is 47.6 Å². The lowest BCUT2D eigenvalue weighted by Crippen LogP contribution is -2.34. The van der Waals surface area contributed by atoms with Crippen LogP contribution in [-0.4, -0.2) is 59.3 Å². The third kappa shape index (κ3) is 5.39. The van der Waals surface area contributed by atoms with E-state index in [0.717, 1.165) is 25.5 Å². The molecule has 2 aliphatic carbocycles. The van der Waals surface area contributed by atoms with Crippen LogP contribution in [0.1, 0.15) is 43.0 Å². The van der Waals surface area contributed by atoms with Crippen LogP contribution in [0.5, 0.6) is 34.6 Å². The van der Waals surface area contributed by atoms with E-state index in [1.165, 1.54) is 25.3 Å². The normalized spacial score (nSPS) is 24.0. The molecule has 2 heterocycles. The van der Waals surface area contributed by atoms with Gasteiger partial charge < -0.3 is 29.8 Å². The van der Waals surface area contributed by atoms with Gasteiger partial charge >= 0.3 is 5.97 Å². The van der Waals surface area contributed by atoms with Gasteiger partial charge in [-0.1, -0.05) is 0 Å². The monoisotopic (exact) mass is 607 g/mol. The van der Waals surface area contributed by atoms with E-state index >= 15 is 4.39 Å². The van der Waals surface area contributed by atoms with Crippen LogP contribution in [0.25, 0.3) is 0 Å². The number of halogens is 2. The first-order valence-electron chi connectivity index (χ1n) is 14.1. The Kier molecular flexibility index (Phi) is 7.58. The maximum atomic E-state index is 15.7. The number of ether oxygens (including phenoxy) is 4. The number of amidine groups is 1. The topological polar surface area (TPSA) is 153 Å². The number of phenols is 1. The van der Waals surface area contributed by atoms with Crippen LogP contribution in [0.2, 0.25) is 0 Å². The van der Waals surface area contributed by atoms with Gasteiger partial charge in [0.25, 0.3) is 5.88 Å². The summed E-state index contributed by atoms with van der Waals surface area (Å²) in [5.74, 6) is -4.23. The van der Waals surface area contributed by atoms with Crippen molar-refractivity contribution in [1.29, 1.82) is 5.41 Å². The van der Waals surface area contributed by atoms with E-state index < -0.39 is 35.0 Å². The average Bonchev–Trinajstić information content (AvgIpc) is 3.72. The molecule has 13 heteroatoms. The zero-order valence-electron chi connectivity index (χ0n) is 24.0. The minimum atomic E-state index is -1.25. The molecule has 3 aromatic rings. The fraction of sp³-hybridized carbons (Fsp3) is 0.355. The minimum absolute atomic E-state index is 0.130. The number of esters is 1. The second kappa shape index (κ2) is 11.4. The Hall–Kier alpha value is -4.78. The van der Waals surface area contributed by atoms with Crippen LogP contribution in [0.4, 0.5) is 8.78 Å². The number of phenolic OH excluding ortho intramolecular Hbond substituents is 1. The summed E-state index contributed by atoms with van der Waals surface area (Å²) in [6.07, 6.45) is 4.94. The maximum absolute atomic E-state index is 15.7. The third-order valence-electron chi connectivity index (χ3n) is 8.49. The summed E-state index contributed by atoms with van der Waals surface area (Å²) in [4.78, 5) is 22.4. The molecular formula is C31H31F2N5O6. The first-order valence-corrected chi connectivity index (χ1v) is 14.1. The Morgan fingerprint density at radius 1 is 1.16 bits per heavy atom. The number of nitrogen functional groups attached to an aromatic ring is 1. The highest BCUT2D eigenvalue weighted by Gasteiger charge is 2.55. The summed E-state index contributed by atoms with van der Waals surface area (Å²) >= 11 is 0. The molecule has 0 spiro atoms. The molecule has 0 saturated heterocycles.